The highest BCUT2D eigenvalue weighted by molar-refractivity contribution is 6.00. The number of carbonyl (C=O) groups is 2. The molecule has 4 nitrogen and oxygen atoms in total. The van der Waals surface area contributed by atoms with Crippen molar-refractivity contribution in [3.05, 3.63) is 35.9 Å². The Labute approximate surface area is 137 Å². The number of carbonyl (C=O) groups excluding carboxylic acids is 2. The van der Waals surface area contributed by atoms with Gasteiger partial charge in [0.25, 0.3) is 0 Å². The zero-order chi connectivity index (χ0) is 16.2. The Morgan fingerprint density at radius 1 is 1.13 bits per heavy atom. The summed E-state index contributed by atoms with van der Waals surface area (Å²) >= 11 is 0. The van der Waals surface area contributed by atoms with Crippen molar-refractivity contribution in [2.75, 3.05) is 7.11 Å². The van der Waals surface area contributed by atoms with Crippen molar-refractivity contribution >= 4 is 11.8 Å². The van der Waals surface area contributed by atoms with Gasteiger partial charge in [0.2, 0.25) is 0 Å². The van der Waals surface area contributed by atoms with Gasteiger partial charge < -0.3 is 9.47 Å². The van der Waals surface area contributed by atoms with Gasteiger partial charge in [-0.1, -0.05) is 49.6 Å². The molecule has 3 rings (SSSR count). The summed E-state index contributed by atoms with van der Waals surface area (Å²) < 4.78 is 11.2. The summed E-state index contributed by atoms with van der Waals surface area (Å²) in [5, 5.41) is 0. The van der Waals surface area contributed by atoms with Gasteiger partial charge in [0, 0.05) is 6.42 Å². The van der Waals surface area contributed by atoms with Crippen LogP contribution in [0.2, 0.25) is 0 Å². The molecule has 0 unspecified atom stereocenters. The van der Waals surface area contributed by atoms with Gasteiger partial charge in [-0.15, -0.1) is 0 Å². The van der Waals surface area contributed by atoms with E-state index in [1.165, 1.54) is 13.5 Å². The monoisotopic (exact) mass is 316 g/mol. The van der Waals surface area contributed by atoms with Crippen LogP contribution in [0.15, 0.2) is 30.3 Å². The van der Waals surface area contributed by atoms with Gasteiger partial charge in [-0.3, -0.25) is 9.59 Å². The van der Waals surface area contributed by atoms with E-state index in [4.69, 9.17) is 9.47 Å². The number of hydrogen-bond acceptors (Lipinski definition) is 4. The van der Waals surface area contributed by atoms with E-state index >= 15 is 0 Å². The van der Waals surface area contributed by atoms with Crippen LogP contribution in [0.3, 0.4) is 0 Å². The second-order valence-corrected chi connectivity index (χ2v) is 6.57. The quantitative estimate of drug-likeness (QED) is 0.633. The number of hydrogen-bond donors (Lipinski definition) is 0. The summed E-state index contributed by atoms with van der Waals surface area (Å²) in [6, 6.07) is 9.81. The summed E-state index contributed by atoms with van der Waals surface area (Å²) in [5.74, 6) is -0.990. The van der Waals surface area contributed by atoms with Crippen molar-refractivity contribution in [2.45, 2.75) is 50.7 Å². The minimum atomic E-state index is -0.761. The number of ether oxygens (including phenoxy) is 2. The molecule has 1 aromatic carbocycles. The molecule has 1 saturated carbocycles. The molecule has 0 aromatic heterocycles. The molecule has 0 bridgehead atoms. The molecule has 1 saturated heterocycles. The van der Waals surface area contributed by atoms with E-state index in [1.807, 2.05) is 30.3 Å². The predicted molar refractivity (Wildman–Crippen MR) is 85.8 cm³/mol. The number of benzene rings is 1. The summed E-state index contributed by atoms with van der Waals surface area (Å²) in [6.07, 6.45) is 5.19. The Balaban J connectivity index is 1.85. The lowest BCUT2D eigenvalue weighted by molar-refractivity contribution is -0.174. The topological polar surface area (TPSA) is 52.6 Å². The Bertz CT molecular complexity index is 548. The van der Waals surface area contributed by atoms with Crippen LogP contribution in [0.4, 0.5) is 0 Å². The molecule has 124 valence electrons. The Hall–Kier alpha value is -1.68. The number of ketones is 1. The van der Waals surface area contributed by atoms with Crippen molar-refractivity contribution < 1.29 is 19.1 Å². The third kappa shape index (κ3) is 3.47. The SMILES string of the molecule is COC(=O)[C@@H]1C(=O)C[C@@H](c2ccccc2)O[C@H]1C1CCCCC1. The maximum atomic E-state index is 12.7. The van der Waals surface area contributed by atoms with Crippen LogP contribution < -0.4 is 0 Å². The lowest BCUT2D eigenvalue weighted by atomic mass is 9.76. The molecule has 2 aliphatic rings. The van der Waals surface area contributed by atoms with Crippen LogP contribution in [-0.4, -0.2) is 25.0 Å². The van der Waals surface area contributed by atoms with E-state index in [1.54, 1.807) is 0 Å². The maximum Gasteiger partial charge on any atom is 0.318 e. The van der Waals surface area contributed by atoms with Crippen LogP contribution in [0, 0.1) is 11.8 Å². The van der Waals surface area contributed by atoms with Crippen molar-refractivity contribution in [1.29, 1.82) is 0 Å². The number of methoxy groups -OCH3 is 1. The van der Waals surface area contributed by atoms with Crippen LogP contribution in [-0.2, 0) is 19.1 Å². The molecule has 1 heterocycles. The molecule has 0 N–H and O–H groups in total. The summed E-state index contributed by atoms with van der Waals surface area (Å²) in [4.78, 5) is 24.8. The average molecular weight is 316 g/mol. The van der Waals surface area contributed by atoms with E-state index in [9.17, 15) is 9.59 Å². The first-order valence-corrected chi connectivity index (χ1v) is 8.51. The van der Waals surface area contributed by atoms with Gasteiger partial charge >= 0.3 is 5.97 Å². The summed E-state index contributed by atoms with van der Waals surface area (Å²) in [7, 11) is 1.34. The lowest BCUT2D eigenvalue weighted by Gasteiger charge is -2.40. The molecule has 2 fully saturated rings. The standard InChI is InChI=1S/C19H24O4/c1-22-19(21)17-15(20)12-16(13-8-4-2-5-9-13)23-18(17)14-10-6-3-7-11-14/h2,4-5,8-9,14,16-18H,3,6-7,10-12H2,1H3/t16-,17+,18-/m0/s1. The fourth-order valence-corrected chi connectivity index (χ4v) is 3.91. The van der Waals surface area contributed by atoms with E-state index in [-0.39, 0.29) is 30.3 Å². The van der Waals surface area contributed by atoms with E-state index < -0.39 is 11.9 Å². The third-order valence-electron chi connectivity index (χ3n) is 5.12. The Morgan fingerprint density at radius 2 is 1.83 bits per heavy atom. The molecule has 1 aromatic rings. The van der Waals surface area contributed by atoms with Crippen LogP contribution in [0.1, 0.15) is 50.2 Å². The molecular weight excluding hydrogens is 292 g/mol. The molecule has 23 heavy (non-hydrogen) atoms. The highest BCUT2D eigenvalue weighted by atomic mass is 16.5. The highest BCUT2D eigenvalue weighted by Gasteiger charge is 2.46. The number of Topliss-reactive ketones (excluding diaryl/α,β-unsaturated/α-hetero) is 1. The second kappa shape index (κ2) is 7.26. The summed E-state index contributed by atoms with van der Waals surface area (Å²) in [6.45, 7) is 0. The van der Waals surface area contributed by atoms with Gasteiger partial charge in [-0.2, -0.15) is 0 Å². The highest BCUT2D eigenvalue weighted by Crippen LogP contribution is 2.40. The largest absolute Gasteiger partial charge is 0.468 e. The van der Waals surface area contributed by atoms with Crippen molar-refractivity contribution in [1.82, 2.24) is 0 Å². The Morgan fingerprint density at radius 3 is 2.48 bits per heavy atom. The molecule has 1 aliphatic heterocycles. The average Bonchev–Trinajstić information content (AvgIpc) is 2.62. The van der Waals surface area contributed by atoms with Gasteiger partial charge in [-0.25, -0.2) is 0 Å². The van der Waals surface area contributed by atoms with Gasteiger partial charge in [0.1, 0.15) is 5.92 Å². The van der Waals surface area contributed by atoms with Crippen molar-refractivity contribution in [3.8, 4) is 0 Å². The molecule has 0 spiro atoms. The van der Waals surface area contributed by atoms with E-state index in [0.29, 0.717) is 0 Å². The van der Waals surface area contributed by atoms with Gasteiger partial charge in [-0.05, 0) is 24.3 Å². The first kappa shape index (κ1) is 16.2. The third-order valence-corrected chi connectivity index (χ3v) is 5.12. The normalized spacial score (nSPS) is 29.3. The predicted octanol–water partition coefficient (Wildman–Crippen LogP) is 3.46. The number of rotatable bonds is 3. The molecular formula is C19H24O4. The molecule has 1 aliphatic carbocycles. The van der Waals surface area contributed by atoms with Gasteiger partial charge in [0.15, 0.2) is 5.78 Å². The van der Waals surface area contributed by atoms with Gasteiger partial charge in [0.05, 0.1) is 19.3 Å². The maximum absolute atomic E-state index is 12.7. The molecule has 0 radical (unpaired) electrons. The van der Waals surface area contributed by atoms with Crippen molar-refractivity contribution in [2.24, 2.45) is 11.8 Å². The molecule has 4 heteroatoms. The van der Waals surface area contributed by atoms with E-state index in [2.05, 4.69) is 0 Å². The summed E-state index contributed by atoms with van der Waals surface area (Å²) in [5.41, 5.74) is 1.00. The van der Waals surface area contributed by atoms with Crippen LogP contribution in [0.5, 0.6) is 0 Å². The minimum absolute atomic E-state index is 0.0486. The van der Waals surface area contributed by atoms with Crippen LogP contribution >= 0.6 is 0 Å². The molecule has 0 amide bonds. The minimum Gasteiger partial charge on any atom is -0.468 e. The van der Waals surface area contributed by atoms with Crippen molar-refractivity contribution in [3.63, 3.8) is 0 Å². The first-order valence-electron chi connectivity index (χ1n) is 8.51. The number of esters is 1. The van der Waals surface area contributed by atoms with E-state index in [0.717, 1.165) is 31.2 Å². The fourth-order valence-electron chi connectivity index (χ4n) is 3.91. The smallest absolute Gasteiger partial charge is 0.318 e. The lowest BCUT2D eigenvalue weighted by Crippen LogP contribution is -2.47. The zero-order valence-corrected chi connectivity index (χ0v) is 13.6. The fraction of sp³-hybridized carbons (Fsp3) is 0.579. The second-order valence-electron chi connectivity index (χ2n) is 6.57. The zero-order valence-electron chi connectivity index (χ0n) is 13.6. The Kier molecular flexibility index (Phi) is 5.11. The molecule has 3 atom stereocenters. The first-order chi connectivity index (χ1) is 11.2. The van der Waals surface area contributed by atoms with Crippen LogP contribution in [0.25, 0.3) is 0 Å².